The summed E-state index contributed by atoms with van der Waals surface area (Å²) in [6.07, 6.45) is -1.89. The number of benzene rings is 2. The fraction of sp³-hybridized carbons (Fsp3) is 0. The number of carbonyl (C=O) groups excluding carboxylic acids is 2. The molecular weight excluding hydrogens is 306 g/mol. The Bertz CT molecular complexity index is 744. The van der Waals surface area contributed by atoms with Crippen LogP contribution in [-0.4, -0.2) is 17.1 Å². The van der Waals surface area contributed by atoms with Crippen LogP contribution in [0.1, 0.15) is 0 Å². The Hall–Kier alpha value is -3.62. The Morgan fingerprint density at radius 3 is 2.30 bits per heavy atom. The summed E-state index contributed by atoms with van der Waals surface area (Å²) in [5.74, 6) is 0.169. The number of ether oxygens (including phenoxy) is 2. The third-order valence-electron chi connectivity index (χ3n) is 2.59. The lowest BCUT2D eigenvalue weighted by atomic mass is 10.3. The zero-order chi connectivity index (χ0) is 16.8. The fourth-order valence-corrected chi connectivity index (χ4v) is 1.65. The number of anilines is 1. The molecule has 0 unspecified atom stereocenters. The highest BCUT2D eigenvalue weighted by Crippen LogP contribution is 2.24. The molecule has 2 amide bonds. The maximum atomic E-state index is 11.8. The van der Waals surface area contributed by atoms with Crippen LogP contribution in [0.3, 0.4) is 0 Å². The number of rotatable bonds is 4. The Labute approximate surface area is 129 Å². The van der Waals surface area contributed by atoms with E-state index in [1.54, 1.807) is 12.1 Å². The van der Waals surface area contributed by atoms with Crippen LogP contribution in [0, 0.1) is 10.1 Å². The average molecular weight is 317 g/mol. The molecule has 23 heavy (non-hydrogen) atoms. The highest BCUT2D eigenvalue weighted by molar-refractivity contribution is 5.89. The van der Waals surface area contributed by atoms with Gasteiger partial charge in [-0.2, -0.15) is 0 Å². The van der Waals surface area contributed by atoms with Gasteiger partial charge in [-0.25, -0.2) is 9.59 Å². The molecule has 0 heterocycles. The number of nitro benzene ring substituents is 1. The van der Waals surface area contributed by atoms with Gasteiger partial charge in [0.1, 0.15) is 5.75 Å². The van der Waals surface area contributed by atoms with Crippen LogP contribution in [0.2, 0.25) is 0 Å². The molecule has 0 saturated carbocycles. The van der Waals surface area contributed by atoms with E-state index in [-0.39, 0.29) is 22.9 Å². The second-order valence-corrected chi connectivity index (χ2v) is 4.18. The van der Waals surface area contributed by atoms with Gasteiger partial charge < -0.3 is 15.2 Å². The van der Waals surface area contributed by atoms with Crippen molar-refractivity contribution >= 4 is 23.6 Å². The molecule has 0 atom stereocenters. The third kappa shape index (κ3) is 4.43. The van der Waals surface area contributed by atoms with Crippen molar-refractivity contribution in [2.24, 2.45) is 5.73 Å². The van der Waals surface area contributed by atoms with Gasteiger partial charge in [-0.05, 0) is 24.3 Å². The second-order valence-electron chi connectivity index (χ2n) is 4.18. The monoisotopic (exact) mass is 317 g/mol. The van der Waals surface area contributed by atoms with E-state index in [1.165, 1.54) is 36.4 Å². The van der Waals surface area contributed by atoms with Crippen LogP contribution in [-0.2, 0) is 0 Å². The highest BCUT2D eigenvalue weighted by atomic mass is 16.6. The van der Waals surface area contributed by atoms with Crippen molar-refractivity contribution in [3.05, 3.63) is 58.6 Å². The van der Waals surface area contributed by atoms with Gasteiger partial charge in [0.05, 0.1) is 10.6 Å². The minimum Gasteiger partial charge on any atom is -0.410 e. The van der Waals surface area contributed by atoms with E-state index in [4.69, 9.17) is 15.2 Å². The van der Waals surface area contributed by atoms with E-state index in [1.807, 2.05) is 0 Å². The Morgan fingerprint density at radius 1 is 1.04 bits per heavy atom. The largest absolute Gasteiger partial charge is 0.417 e. The van der Waals surface area contributed by atoms with Crippen LogP contribution < -0.4 is 20.5 Å². The maximum absolute atomic E-state index is 11.8. The lowest BCUT2D eigenvalue weighted by Gasteiger charge is -2.10. The van der Waals surface area contributed by atoms with E-state index in [9.17, 15) is 19.7 Å². The van der Waals surface area contributed by atoms with Gasteiger partial charge in [0.15, 0.2) is 5.75 Å². The summed E-state index contributed by atoms with van der Waals surface area (Å²) in [4.78, 5) is 32.6. The van der Waals surface area contributed by atoms with Crippen LogP contribution in [0.25, 0.3) is 0 Å². The van der Waals surface area contributed by atoms with Crippen LogP contribution in [0.5, 0.6) is 11.5 Å². The Morgan fingerprint density at radius 2 is 1.70 bits per heavy atom. The summed E-state index contributed by atoms with van der Waals surface area (Å²) in [5.41, 5.74) is 4.98. The van der Waals surface area contributed by atoms with Gasteiger partial charge >= 0.3 is 12.2 Å². The van der Waals surface area contributed by atoms with Crippen molar-refractivity contribution in [3.63, 3.8) is 0 Å². The number of hydrogen-bond donors (Lipinski definition) is 2. The predicted molar refractivity (Wildman–Crippen MR) is 79.4 cm³/mol. The van der Waals surface area contributed by atoms with Crippen molar-refractivity contribution < 1.29 is 24.0 Å². The molecular formula is C14H11N3O6. The topological polar surface area (TPSA) is 134 Å². The lowest BCUT2D eigenvalue weighted by molar-refractivity contribution is -0.384. The Kier molecular flexibility index (Phi) is 4.72. The summed E-state index contributed by atoms with van der Waals surface area (Å²) in [5, 5.41) is 12.9. The SMILES string of the molecule is NC(=O)Oc1ccccc1NC(=O)Oc1ccc([N+](=O)[O-])cc1. The molecule has 0 aliphatic carbocycles. The molecule has 3 N–H and O–H groups in total. The molecule has 2 aromatic rings. The zero-order valence-electron chi connectivity index (χ0n) is 11.6. The number of nitro groups is 1. The first kappa shape index (κ1) is 15.8. The van der Waals surface area contributed by atoms with Crippen molar-refractivity contribution in [1.82, 2.24) is 0 Å². The number of nitrogens with two attached hydrogens (primary N) is 1. The quantitative estimate of drug-likeness (QED) is 0.657. The number of carbonyl (C=O) groups is 2. The number of hydrogen-bond acceptors (Lipinski definition) is 6. The summed E-state index contributed by atoms with van der Waals surface area (Å²) >= 11 is 0. The summed E-state index contributed by atoms with van der Waals surface area (Å²) in [6.45, 7) is 0. The van der Waals surface area contributed by atoms with Crippen molar-refractivity contribution in [3.8, 4) is 11.5 Å². The maximum Gasteiger partial charge on any atom is 0.417 e. The normalized spacial score (nSPS) is 9.74. The van der Waals surface area contributed by atoms with Crippen molar-refractivity contribution in [2.45, 2.75) is 0 Å². The minimum absolute atomic E-state index is 0.0562. The first-order chi connectivity index (χ1) is 11.0. The number of nitrogens with one attached hydrogen (secondary N) is 1. The molecule has 9 nitrogen and oxygen atoms in total. The molecule has 0 radical (unpaired) electrons. The number of primary amides is 1. The number of nitrogens with zero attached hydrogens (tertiary/aromatic N) is 1. The van der Waals surface area contributed by atoms with Gasteiger partial charge in [-0.1, -0.05) is 12.1 Å². The standard InChI is InChI=1S/C14H11N3O6/c15-13(18)23-12-4-2-1-3-11(12)16-14(19)22-10-7-5-9(6-8-10)17(20)21/h1-8H,(H2,15,18)(H,16,19). The molecule has 0 aliphatic heterocycles. The van der Waals surface area contributed by atoms with Crippen molar-refractivity contribution in [2.75, 3.05) is 5.32 Å². The van der Waals surface area contributed by atoms with Crippen LogP contribution >= 0.6 is 0 Å². The van der Waals surface area contributed by atoms with Gasteiger partial charge in [-0.15, -0.1) is 0 Å². The van der Waals surface area contributed by atoms with Gasteiger partial charge in [0.25, 0.3) is 5.69 Å². The molecule has 0 aromatic heterocycles. The van der Waals surface area contributed by atoms with Gasteiger partial charge in [-0.3, -0.25) is 15.4 Å². The smallest absolute Gasteiger partial charge is 0.410 e. The molecule has 9 heteroatoms. The van der Waals surface area contributed by atoms with E-state index in [0.29, 0.717) is 0 Å². The summed E-state index contributed by atoms with van der Waals surface area (Å²) in [6, 6.07) is 11.1. The van der Waals surface area contributed by atoms with E-state index in [2.05, 4.69) is 5.32 Å². The van der Waals surface area contributed by atoms with Gasteiger partial charge in [0, 0.05) is 12.1 Å². The summed E-state index contributed by atoms with van der Waals surface area (Å²) < 4.78 is 9.70. The molecule has 118 valence electrons. The molecule has 0 saturated heterocycles. The number of non-ortho nitro benzene ring substituents is 1. The number of amides is 2. The molecule has 2 rings (SSSR count). The van der Waals surface area contributed by atoms with E-state index >= 15 is 0 Å². The first-order valence-electron chi connectivity index (χ1n) is 6.25. The predicted octanol–water partition coefficient (Wildman–Crippen LogP) is 2.66. The summed E-state index contributed by atoms with van der Waals surface area (Å²) in [7, 11) is 0. The van der Waals surface area contributed by atoms with Crippen molar-refractivity contribution in [1.29, 1.82) is 0 Å². The van der Waals surface area contributed by atoms with E-state index in [0.717, 1.165) is 0 Å². The van der Waals surface area contributed by atoms with Gasteiger partial charge in [0.2, 0.25) is 0 Å². The molecule has 0 aliphatic rings. The third-order valence-corrected chi connectivity index (χ3v) is 2.59. The minimum atomic E-state index is -1.03. The molecule has 2 aromatic carbocycles. The first-order valence-corrected chi connectivity index (χ1v) is 6.25. The Balaban J connectivity index is 2.05. The fourth-order valence-electron chi connectivity index (χ4n) is 1.65. The van der Waals surface area contributed by atoms with E-state index < -0.39 is 17.1 Å². The molecule has 0 bridgehead atoms. The van der Waals surface area contributed by atoms with Crippen LogP contribution in [0.15, 0.2) is 48.5 Å². The highest BCUT2D eigenvalue weighted by Gasteiger charge is 2.12. The molecule has 0 spiro atoms. The molecule has 0 fully saturated rings. The van der Waals surface area contributed by atoms with Crippen LogP contribution in [0.4, 0.5) is 21.0 Å². The second kappa shape index (κ2) is 6.89. The average Bonchev–Trinajstić information content (AvgIpc) is 2.49. The number of para-hydroxylation sites is 2. The zero-order valence-corrected chi connectivity index (χ0v) is 11.6. The lowest BCUT2D eigenvalue weighted by Crippen LogP contribution is -2.20.